The van der Waals surface area contributed by atoms with Gasteiger partial charge in [-0.2, -0.15) is 5.10 Å². The maximum absolute atomic E-state index is 5.76. The van der Waals surface area contributed by atoms with Gasteiger partial charge in [0.1, 0.15) is 11.4 Å². The second-order valence-corrected chi connectivity index (χ2v) is 4.01. The van der Waals surface area contributed by atoms with Gasteiger partial charge in [-0.15, -0.1) is 0 Å². The first-order chi connectivity index (χ1) is 8.74. The van der Waals surface area contributed by atoms with Crippen LogP contribution in [-0.2, 0) is 7.05 Å². The molecule has 1 aromatic carbocycles. The molecular weight excluding hydrogens is 226 g/mol. The SMILES string of the molecule is Cn1cncc1C#Cc1[nH]nc2ccc(N)cc12. The number of fused-ring (bicyclic) bond motifs is 1. The van der Waals surface area contributed by atoms with Gasteiger partial charge in [0.2, 0.25) is 0 Å². The van der Waals surface area contributed by atoms with E-state index in [4.69, 9.17) is 5.73 Å². The Morgan fingerprint density at radius 3 is 3.00 bits per heavy atom. The molecule has 0 aliphatic heterocycles. The lowest BCUT2D eigenvalue weighted by molar-refractivity contribution is 0.899. The number of hydrogen-bond acceptors (Lipinski definition) is 3. The average molecular weight is 237 g/mol. The Balaban J connectivity index is 2.08. The third-order valence-electron chi connectivity index (χ3n) is 2.71. The van der Waals surface area contributed by atoms with Gasteiger partial charge in [-0.1, -0.05) is 0 Å². The highest BCUT2D eigenvalue weighted by Crippen LogP contribution is 2.18. The Hall–Kier alpha value is -2.74. The van der Waals surface area contributed by atoms with E-state index >= 15 is 0 Å². The lowest BCUT2D eigenvalue weighted by Gasteiger charge is -1.92. The largest absolute Gasteiger partial charge is 0.399 e. The minimum atomic E-state index is 0.701. The number of nitrogens with one attached hydrogen (secondary N) is 1. The van der Waals surface area contributed by atoms with Crippen molar-refractivity contribution >= 4 is 16.6 Å². The third kappa shape index (κ3) is 1.70. The summed E-state index contributed by atoms with van der Waals surface area (Å²) in [4.78, 5) is 4.01. The van der Waals surface area contributed by atoms with Crippen LogP contribution in [0.15, 0.2) is 30.7 Å². The summed E-state index contributed by atoms with van der Waals surface area (Å²) in [7, 11) is 1.90. The van der Waals surface area contributed by atoms with Crippen LogP contribution in [0.4, 0.5) is 5.69 Å². The topological polar surface area (TPSA) is 72.5 Å². The van der Waals surface area contributed by atoms with Crippen LogP contribution >= 0.6 is 0 Å². The molecule has 0 amide bonds. The molecular formula is C13H11N5. The fourth-order valence-corrected chi connectivity index (χ4v) is 1.73. The van der Waals surface area contributed by atoms with Crippen molar-refractivity contribution in [3.8, 4) is 11.8 Å². The molecule has 3 N–H and O–H groups in total. The number of hydrogen-bond donors (Lipinski definition) is 2. The van der Waals surface area contributed by atoms with Gasteiger partial charge < -0.3 is 10.3 Å². The summed E-state index contributed by atoms with van der Waals surface area (Å²) in [6.45, 7) is 0. The minimum absolute atomic E-state index is 0.701. The van der Waals surface area contributed by atoms with Gasteiger partial charge >= 0.3 is 0 Å². The van der Waals surface area contributed by atoms with Crippen LogP contribution < -0.4 is 5.73 Å². The summed E-state index contributed by atoms with van der Waals surface area (Å²) >= 11 is 0. The fourth-order valence-electron chi connectivity index (χ4n) is 1.73. The number of aromatic amines is 1. The summed E-state index contributed by atoms with van der Waals surface area (Å²) in [6.07, 6.45) is 3.44. The molecule has 0 saturated carbocycles. The highest BCUT2D eigenvalue weighted by atomic mass is 15.1. The lowest BCUT2D eigenvalue weighted by Crippen LogP contribution is -1.88. The molecule has 0 unspecified atom stereocenters. The zero-order chi connectivity index (χ0) is 12.5. The van der Waals surface area contributed by atoms with Crippen molar-refractivity contribution in [2.75, 3.05) is 5.73 Å². The molecule has 0 fully saturated rings. The van der Waals surface area contributed by atoms with Crippen molar-refractivity contribution in [2.24, 2.45) is 7.05 Å². The quantitative estimate of drug-likeness (QED) is 0.457. The molecule has 18 heavy (non-hydrogen) atoms. The molecule has 0 atom stereocenters. The van der Waals surface area contributed by atoms with Crippen LogP contribution in [0.25, 0.3) is 10.9 Å². The number of H-pyrrole nitrogens is 1. The van der Waals surface area contributed by atoms with Crippen molar-refractivity contribution in [1.29, 1.82) is 0 Å². The normalized spacial score (nSPS) is 10.3. The van der Waals surface area contributed by atoms with E-state index in [0.29, 0.717) is 5.69 Å². The van der Waals surface area contributed by atoms with Crippen LogP contribution in [-0.4, -0.2) is 19.7 Å². The fraction of sp³-hybridized carbons (Fsp3) is 0.0769. The van der Waals surface area contributed by atoms with Gasteiger partial charge in [0.05, 0.1) is 18.0 Å². The number of imidazole rings is 1. The summed E-state index contributed by atoms with van der Waals surface area (Å²) in [5.41, 5.74) is 8.94. The predicted octanol–water partition coefficient (Wildman–Crippen LogP) is 1.28. The van der Waals surface area contributed by atoms with Crippen LogP contribution in [0, 0.1) is 11.8 Å². The molecule has 3 rings (SSSR count). The van der Waals surface area contributed by atoms with Crippen LogP contribution in [0.1, 0.15) is 11.4 Å². The Kier molecular flexibility index (Phi) is 2.27. The van der Waals surface area contributed by atoms with Gasteiger partial charge in [-0.05, 0) is 30.0 Å². The minimum Gasteiger partial charge on any atom is -0.399 e. The van der Waals surface area contributed by atoms with Crippen molar-refractivity contribution in [1.82, 2.24) is 19.7 Å². The van der Waals surface area contributed by atoms with Gasteiger partial charge in [0.15, 0.2) is 0 Å². The van der Waals surface area contributed by atoms with Gasteiger partial charge in [0, 0.05) is 18.1 Å². The lowest BCUT2D eigenvalue weighted by atomic mass is 10.2. The Morgan fingerprint density at radius 1 is 1.33 bits per heavy atom. The van der Waals surface area contributed by atoms with E-state index in [0.717, 1.165) is 22.3 Å². The number of nitrogens with two attached hydrogens (primary N) is 1. The monoisotopic (exact) mass is 237 g/mol. The van der Waals surface area contributed by atoms with Crippen molar-refractivity contribution < 1.29 is 0 Å². The molecule has 0 aliphatic rings. The first-order valence-corrected chi connectivity index (χ1v) is 5.46. The van der Waals surface area contributed by atoms with E-state index in [9.17, 15) is 0 Å². The molecule has 0 aliphatic carbocycles. The maximum Gasteiger partial charge on any atom is 0.116 e. The number of nitrogen functional groups attached to an aromatic ring is 1. The number of aromatic nitrogens is 4. The first-order valence-electron chi connectivity index (χ1n) is 5.46. The second-order valence-electron chi connectivity index (χ2n) is 4.01. The van der Waals surface area contributed by atoms with E-state index in [1.54, 1.807) is 12.5 Å². The van der Waals surface area contributed by atoms with Gasteiger partial charge in [-0.25, -0.2) is 4.98 Å². The highest BCUT2D eigenvalue weighted by Gasteiger charge is 2.02. The van der Waals surface area contributed by atoms with E-state index in [-0.39, 0.29) is 0 Å². The Bertz CT molecular complexity index is 769. The summed E-state index contributed by atoms with van der Waals surface area (Å²) in [6, 6.07) is 5.56. The zero-order valence-corrected chi connectivity index (χ0v) is 9.81. The zero-order valence-electron chi connectivity index (χ0n) is 9.81. The molecule has 5 nitrogen and oxygen atoms in total. The summed E-state index contributed by atoms with van der Waals surface area (Å²) in [5, 5.41) is 8.03. The maximum atomic E-state index is 5.76. The first kappa shape index (κ1) is 10.4. The van der Waals surface area contributed by atoms with Crippen LogP contribution in [0.2, 0.25) is 0 Å². The number of anilines is 1. The molecule has 0 radical (unpaired) electrons. The Morgan fingerprint density at radius 2 is 2.22 bits per heavy atom. The number of aryl methyl sites for hydroxylation is 1. The number of rotatable bonds is 0. The van der Waals surface area contributed by atoms with Crippen molar-refractivity contribution in [2.45, 2.75) is 0 Å². The van der Waals surface area contributed by atoms with Gasteiger partial charge in [-0.3, -0.25) is 5.10 Å². The summed E-state index contributed by atoms with van der Waals surface area (Å²) < 4.78 is 1.86. The molecule has 5 heteroatoms. The Labute approximate surface area is 104 Å². The smallest absolute Gasteiger partial charge is 0.116 e. The van der Waals surface area contributed by atoms with Crippen LogP contribution in [0.5, 0.6) is 0 Å². The van der Waals surface area contributed by atoms with Crippen molar-refractivity contribution in [3.05, 3.63) is 42.1 Å². The molecule has 88 valence electrons. The molecule has 3 aromatic rings. The highest BCUT2D eigenvalue weighted by molar-refractivity contribution is 5.86. The molecule has 0 spiro atoms. The predicted molar refractivity (Wildman–Crippen MR) is 69.7 cm³/mol. The molecule has 2 aromatic heterocycles. The van der Waals surface area contributed by atoms with E-state index in [2.05, 4.69) is 27.0 Å². The van der Waals surface area contributed by atoms with Crippen LogP contribution in [0.3, 0.4) is 0 Å². The van der Waals surface area contributed by atoms with Gasteiger partial charge in [0.25, 0.3) is 0 Å². The van der Waals surface area contributed by atoms with E-state index in [1.165, 1.54) is 0 Å². The molecule has 0 saturated heterocycles. The van der Waals surface area contributed by atoms with E-state index in [1.807, 2.05) is 29.8 Å². The third-order valence-corrected chi connectivity index (χ3v) is 2.71. The number of benzene rings is 1. The second kappa shape index (κ2) is 3.93. The molecule has 0 bridgehead atoms. The number of nitrogens with zero attached hydrogens (tertiary/aromatic N) is 3. The summed E-state index contributed by atoms with van der Waals surface area (Å²) in [5.74, 6) is 6.10. The standard InChI is InChI=1S/C13H11N5/c1-18-8-15-7-10(18)3-5-13-11-6-9(14)2-4-12(11)16-17-13/h2,4,6-8H,14H2,1H3,(H,16,17). The average Bonchev–Trinajstić information content (AvgIpc) is 2.93. The van der Waals surface area contributed by atoms with E-state index < -0.39 is 0 Å². The van der Waals surface area contributed by atoms with Crippen molar-refractivity contribution in [3.63, 3.8) is 0 Å². The molecule has 2 heterocycles.